The fraction of sp³-hybridized carbons (Fsp3) is 0.231. The third-order valence-electron chi connectivity index (χ3n) is 2.45. The van der Waals surface area contributed by atoms with Gasteiger partial charge >= 0.3 is 0 Å². The van der Waals surface area contributed by atoms with E-state index in [1.807, 2.05) is 37.3 Å². The minimum absolute atomic E-state index is 0.0573. The van der Waals surface area contributed by atoms with Crippen molar-refractivity contribution < 1.29 is 4.79 Å². The van der Waals surface area contributed by atoms with Gasteiger partial charge < -0.3 is 11.1 Å². The molecule has 0 aliphatic carbocycles. The Morgan fingerprint density at radius 1 is 1.44 bits per heavy atom. The minimum atomic E-state index is -0.158. The number of carbonyl (C=O) groups is 1. The minimum Gasteiger partial charge on any atom is -0.350 e. The molecule has 1 heterocycles. The Hall–Kier alpha value is -2.14. The Morgan fingerprint density at radius 3 is 2.83 bits per heavy atom. The molecule has 18 heavy (non-hydrogen) atoms. The van der Waals surface area contributed by atoms with E-state index in [0.717, 1.165) is 5.69 Å². The van der Waals surface area contributed by atoms with Gasteiger partial charge in [-0.15, -0.1) is 0 Å². The van der Waals surface area contributed by atoms with Crippen LogP contribution in [-0.2, 0) is 0 Å². The summed E-state index contributed by atoms with van der Waals surface area (Å²) in [5.74, 6) is -0.158. The van der Waals surface area contributed by atoms with Crippen LogP contribution in [0.4, 0.5) is 0 Å². The second-order valence-electron chi connectivity index (χ2n) is 4.20. The number of hydrogen-bond donors (Lipinski definition) is 2. The zero-order chi connectivity index (χ0) is 13.0. The molecular weight excluding hydrogens is 228 g/mol. The molecule has 1 unspecified atom stereocenters. The Balaban J connectivity index is 2.09. The van der Waals surface area contributed by atoms with Gasteiger partial charge in [0.15, 0.2) is 0 Å². The number of amides is 1. The Morgan fingerprint density at radius 2 is 2.17 bits per heavy atom. The van der Waals surface area contributed by atoms with Gasteiger partial charge in [-0.25, -0.2) is 4.68 Å². The number of rotatable bonds is 4. The summed E-state index contributed by atoms with van der Waals surface area (Å²) in [4.78, 5) is 11.8. The number of aromatic nitrogens is 2. The van der Waals surface area contributed by atoms with E-state index in [-0.39, 0.29) is 11.9 Å². The molecule has 1 aromatic carbocycles. The zero-order valence-corrected chi connectivity index (χ0v) is 10.2. The van der Waals surface area contributed by atoms with Crippen LogP contribution in [-0.4, -0.2) is 28.3 Å². The van der Waals surface area contributed by atoms with Crippen LogP contribution in [0.2, 0.25) is 0 Å². The lowest BCUT2D eigenvalue weighted by atomic mass is 10.3. The first-order valence-electron chi connectivity index (χ1n) is 5.80. The predicted octanol–water partition coefficient (Wildman–Crippen LogP) is 0.949. The van der Waals surface area contributed by atoms with Gasteiger partial charge in [-0.1, -0.05) is 18.2 Å². The van der Waals surface area contributed by atoms with Crippen LogP contribution < -0.4 is 11.1 Å². The van der Waals surface area contributed by atoms with Gasteiger partial charge in [0.25, 0.3) is 5.91 Å². The van der Waals surface area contributed by atoms with Gasteiger partial charge in [0.05, 0.1) is 17.4 Å². The molecule has 3 N–H and O–H groups in total. The molecule has 1 aromatic heterocycles. The van der Waals surface area contributed by atoms with Gasteiger partial charge in [0.1, 0.15) is 0 Å². The van der Waals surface area contributed by atoms with E-state index in [0.29, 0.717) is 12.1 Å². The predicted molar refractivity (Wildman–Crippen MR) is 69.5 cm³/mol. The monoisotopic (exact) mass is 244 g/mol. The molecule has 0 bridgehead atoms. The first-order chi connectivity index (χ1) is 8.66. The molecule has 1 atom stereocenters. The zero-order valence-electron chi connectivity index (χ0n) is 10.2. The molecular formula is C13H16N4O. The lowest BCUT2D eigenvalue weighted by Crippen LogP contribution is -2.34. The quantitative estimate of drug-likeness (QED) is 0.841. The average Bonchev–Trinajstić information content (AvgIpc) is 2.86. The van der Waals surface area contributed by atoms with Crippen molar-refractivity contribution in [2.24, 2.45) is 5.73 Å². The highest BCUT2D eigenvalue weighted by molar-refractivity contribution is 5.93. The van der Waals surface area contributed by atoms with Gasteiger partial charge in [0.2, 0.25) is 0 Å². The summed E-state index contributed by atoms with van der Waals surface area (Å²) in [5, 5.41) is 6.91. The van der Waals surface area contributed by atoms with Crippen molar-refractivity contribution in [3.05, 3.63) is 48.3 Å². The van der Waals surface area contributed by atoms with Crippen LogP contribution >= 0.6 is 0 Å². The topological polar surface area (TPSA) is 72.9 Å². The maximum absolute atomic E-state index is 11.8. The molecule has 0 saturated heterocycles. The Kier molecular flexibility index (Phi) is 3.74. The molecule has 5 heteroatoms. The van der Waals surface area contributed by atoms with Crippen LogP contribution in [0, 0.1) is 0 Å². The molecule has 5 nitrogen and oxygen atoms in total. The van der Waals surface area contributed by atoms with Gasteiger partial charge in [-0.2, -0.15) is 5.10 Å². The summed E-state index contributed by atoms with van der Waals surface area (Å²) in [6.45, 7) is 2.29. The number of carbonyl (C=O) groups excluding carboxylic acids is 1. The number of hydrogen-bond acceptors (Lipinski definition) is 3. The van der Waals surface area contributed by atoms with Gasteiger partial charge in [-0.05, 0) is 19.1 Å². The number of para-hydroxylation sites is 1. The fourth-order valence-electron chi connectivity index (χ4n) is 1.52. The van der Waals surface area contributed by atoms with Crippen molar-refractivity contribution in [1.29, 1.82) is 0 Å². The van der Waals surface area contributed by atoms with E-state index >= 15 is 0 Å². The first kappa shape index (κ1) is 12.3. The second kappa shape index (κ2) is 5.46. The Bertz CT molecular complexity index is 519. The summed E-state index contributed by atoms with van der Waals surface area (Å²) in [5.41, 5.74) is 7.03. The van der Waals surface area contributed by atoms with E-state index in [2.05, 4.69) is 10.4 Å². The lowest BCUT2D eigenvalue weighted by molar-refractivity contribution is 0.0951. The second-order valence-corrected chi connectivity index (χ2v) is 4.20. The summed E-state index contributed by atoms with van der Waals surface area (Å²) in [6.07, 6.45) is 3.25. The van der Waals surface area contributed by atoms with Gasteiger partial charge in [-0.3, -0.25) is 4.79 Å². The first-order valence-corrected chi connectivity index (χ1v) is 5.80. The summed E-state index contributed by atoms with van der Waals surface area (Å²) in [6, 6.07) is 9.58. The maximum atomic E-state index is 11.8. The molecule has 2 aromatic rings. The molecule has 1 amide bonds. The van der Waals surface area contributed by atoms with Crippen LogP contribution in [0.5, 0.6) is 0 Å². The normalized spacial score (nSPS) is 12.1. The summed E-state index contributed by atoms with van der Waals surface area (Å²) < 4.78 is 1.67. The molecule has 0 aliphatic rings. The van der Waals surface area contributed by atoms with Crippen molar-refractivity contribution >= 4 is 5.91 Å². The summed E-state index contributed by atoms with van der Waals surface area (Å²) >= 11 is 0. The third-order valence-corrected chi connectivity index (χ3v) is 2.45. The number of nitrogens with two attached hydrogens (primary N) is 1. The van der Waals surface area contributed by atoms with E-state index in [1.54, 1.807) is 17.1 Å². The molecule has 0 aliphatic heterocycles. The summed E-state index contributed by atoms with van der Waals surface area (Å²) in [7, 11) is 0. The molecule has 94 valence electrons. The number of nitrogens with zero attached hydrogens (tertiary/aromatic N) is 2. The van der Waals surface area contributed by atoms with Crippen molar-refractivity contribution in [2.75, 3.05) is 6.54 Å². The van der Waals surface area contributed by atoms with Crippen molar-refractivity contribution in [2.45, 2.75) is 13.0 Å². The standard InChI is InChI=1S/C13H16N4O/c1-10(14)7-15-13(18)11-8-16-17(9-11)12-5-3-2-4-6-12/h2-6,8-10H,7,14H2,1H3,(H,15,18). The molecule has 2 rings (SSSR count). The lowest BCUT2D eigenvalue weighted by Gasteiger charge is -2.05. The van der Waals surface area contributed by atoms with Crippen LogP contribution in [0.15, 0.2) is 42.7 Å². The number of nitrogens with one attached hydrogen (secondary N) is 1. The van der Waals surface area contributed by atoms with E-state index < -0.39 is 0 Å². The smallest absolute Gasteiger partial charge is 0.254 e. The van der Waals surface area contributed by atoms with Crippen LogP contribution in [0.1, 0.15) is 17.3 Å². The highest BCUT2D eigenvalue weighted by Crippen LogP contribution is 2.07. The fourth-order valence-corrected chi connectivity index (χ4v) is 1.52. The largest absolute Gasteiger partial charge is 0.350 e. The van der Waals surface area contributed by atoms with Gasteiger partial charge in [0, 0.05) is 18.8 Å². The van der Waals surface area contributed by atoms with E-state index in [1.165, 1.54) is 0 Å². The van der Waals surface area contributed by atoms with Crippen LogP contribution in [0.25, 0.3) is 5.69 Å². The molecule has 0 radical (unpaired) electrons. The van der Waals surface area contributed by atoms with Crippen molar-refractivity contribution in [3.8, 4) is 5.69 Å². The average molecular weight is 244 g/mol. The molecule has 0 fully saturated rings. The highest BCUT2D eigenvalue weighted by atomic mass is 16.1. The molecule has 0 spiro atoms. The SMILES string of the molecule is CC(N)CNC(=O)c1cnn(-c2ccccc2)c1. The maximum Gasteiger partial charge on any atom is 0.254 e. The van der Waals surface area contributed by atoms with E-state index in [4.69, 9.17) is 5.73 Å². The van der Waals surface area contributed by atoms with Crippen molar-refractivity contribution in [3.63, 3.8) is 0 Å². The highest BCUT2D eigenvalue weighted by Gasteiger charge is 2.09. The van der Waals surface area contributed by atoms with Crippen LogP contribution in [0.3, 0.4) is 0 Å². The number of benzene rings is 1. The van der Waals surface area contributed by atoms with Crippen molar-refractivity contribution in [1.82, 2.24) is 15.1 Å². The van der Waals surface area contributed by atoms with E-state index in [9.17, 15) is 4.79 Å². The third kappa shape index (κ3) is 2.95. The molecule has 0 saturated carbocycles. The Labute approximate surface area is 106 Å².